The minimum Gasteiger partial charge on any atom is -0.368 e. The van der Waals surface area contributed by atoms with Crippen molar-refractivity contribution in [3.8, 4) is 0 Å². The van der Waals surface area contributed by atoms with Gasteiger partial charge in [-0.15, -0.1) is 0 Å². The van der Waals surface area contributed by atoms with E-state index in [1.165, 1.54) is 18.2 Å². The Bertz CT molecular complexity index is 845. The van der Waals surface area contributed by atoms with Crippen molar-refractivity contribution in [2.45, 2.75) is 32.7 Å². The Labute approximate surface area is 161 Å². The zero-order valence-electron chi connectivity index (χ0n) is 15.0. The Morgan fingerprint density at radius 1 is 1.26 bits per heavy atom. The van der Waals surface area contributed by atoms with Crippen LogP contribution in [-0.4, -0.2) is 34.4 Å². The van der Waals surface area contributed by atoms with Crippen molar-refractivity contribution >= 4 is 46.6 Å². The van der Waals surface area contributed by atoms with Crippen molar-refractivity contribution in [1.82, 2.24) is 10.6 Å². The number of hydrogen-bond acceptors (Lipinski definition) is 6. The molecule has 0 unspecified atom stereocenters. The number of nitro benzene ring substituents is 1. The van der Waals surface area contributed by atoms with Crippen LogP contribution in [0.4, 0.5) is 11.4 Å². The third-order valence-electron chi connectivity index (χ3n) is 4.91. The predicted molar refractivity (Wildman–Crippen MR) is 105 cm³/mol. The average Bonchev–Trinajstić information content (AvgIpc) is 2.58. The molecule has 0 bridgehead atoms. The van der Waals surface area contributed by atoms with E-state index >= 15 is 0 Å². The van der Waals surface area contributed by atoms with Gasteiger partial charge in [0.05, 0.1) is 4.92 Å². The van der Waals surface area contributed by atoms with E-state index in [1.807, 2.05) is 0 Å². The molecule has 2 N–H and O–H groups in total. The summed E-state index contributed by atoms with van der Waals surface area (Å²) in [4.78, 5) is 37.2. The Hall–Kier alpha value is -2.81. The first-order valence-corrected chi connectivity index (χ1v) is 9.10. The minimum absolute atomic E-state index is 0.0555. The molecule has 142 valence electrons. The lowest BCUT2D eigenvalue weighted by molar-refractivity contribution is -0.384. The summed E-state index contributed by atoms with van der Waals surface area (Å²) < 4.78 is 0. The number of non-ortho nitro benzene ring substituents is 1. The second-order valence-electron chi connectivity index (χ2n) is 6.97. The van der Waals surface area contributed by atoms with Gasteiger partial charge in [-0.1, -0.05) is 6.92 Å². The number of anilines is 1. The normalized spacial score (nSPS) is 23.0. The van der Waals surface area contributed by atoms with Gasteiger partial charge in [0.2, 0.25) is 0 Å². The molecule has 1 aromatic carbocycles. The van der Waals surface area contributed by atoms with Crippen LogP contribution < -0.4 is 15.5 Å². The van der Waals surface area contributed by atoms with Crippen molar-refractivity contribution in [2.75, 3.05) is 11.4 Å². The highest BCUT2D eigenvalue weighted by Crippen LogP contribution is 2.33. The van der Waals surface area contributed by atoms with Crippen LogP contribution in [0.25, 0.3) is 6.08 Å². The van der Waals surface area contributed by atoms with Gasteiger partial charge in [-0.05, 0) is 50.0 Å². The van der Waals surface area contributed by atoms with Crippen molar-refractivity contribution in [3.63, 3.8) is 0 Å². The van der Waals surface area contributed by atoms with Gasteiger partial charge in [-0.3, -0.25) is 30.3 Å². The summed E-state index contributed by atoms with van der Waals surface area (Å²) in [6.45, 7) is 5.11. The number of rotatable bonds is 3. The van der Waals surface area contributed by atoms with Crippen LogP contribution in [0.5, 0.6) is 0 Å². The summed E-state index contributed by atoms with van der Waals surface area (Å²) in [5.74, 6) is -0.643. The van der Waals surface area contributed by atoms with Crippen LogP contribution in [0, 0.1) is 16.0 Å². The van der Waals surface area contributed by atoms with E-state index in [0.29, 0.717) is 11.5 Å². The van der Waals surface area contributed by atoms with E-state index in [2.05, 4.69) is 29.4 Å². The number of nitrogens with zero attached hydrogens (tertiary/aromatic N) is 2. The fraction of sp³-hybridized carbons (Fsp3) is 0.389. The molecule has 0 saturated carbocycles. The Morgan fingerprint density at radius 3 is 2.52 bits per heavy atom. The van der Waals surface area contributed by atoms with Gasteiger partial charge in [0.25, 0.3) is 17.5 Å². The molecule has 27 heavy (non-hydrogen) atoms. The highest BCUT2D eigenvalue weighted by molar-refractivity contribution is 7.80. The van der Waals surface area contributed by atoms with E-state index in [-0.39, 0.29) is 22.4 Å². The topological polar surface area (TPSA) is 105 Å². The molecule has 8 nitrogen and oxygen atoms in total. The van der Waals surface area contributed by atoms with Gasteiger partial charge < -0.3 is 4.90 Å². The molecule has 2 heterocycles. The molecule has 2 aliphatic heterocycles. The smallest absolute Gasteiger partial charge is 0.270 e. The number of hydrogen-bond donors (Lipinski definition) is 2. The van der Waals surface area contributed by atoms with Crippen molar-refractivity contribution in [3.05, 3.63) is 39.4 Å². The highest BCUT2D eigenvalue weighted by atomic mass is 32.1. The van der Waals surface area contributed by atoms with Crippen LogP contribution in [0.1, 0.15) is 32.3 Å². The number of carbonyl (C=O) groups is 2. The molecule has 2 aliphatic rings. The summed E-state index contributed by atoms with van der Waals surface area (Å²) >= 11 is 4.80. The Morgan fingerprint density at radius 2 is 1.93 bits per heavy atom. The monoisotopic (exact) mass is 388 g/mol. The third-order valence-corrected chi connectivity index (χ3v) is 5.12. The summed E-state index contributed by atoms with van der Waals surface area (Å²) in [5, 5.41) is 15.9. The number of thiocarbonyl (C=S) groups is 1. The van der Waals surface area contributed by atoms with Crippen LogP contribution in [0.15, 0.2) is 23.8 Å². The summed E-state index contributed by atoms with van der Waals surface area (Å²) in [5.41, 5.74) is 0.985. The molecular weight excluding hydrogens is 368 g/mol. The molecule has 0 spiro atoms. The largest absolute Gasteiger partial charge is 0.368 e. The van der Waals surface area contributed by atoms with E-state index < -0.39 is 16.7 Å². The molecule has 2 atom stereocenters. The van der Waals surface area contributed by atoms with E-state index in [0.717, 1.165) is 25.1 Å². The summed E-state index contributed by atoms with van der Waals surface area (Å²) in [7, 11) is 0. The lowest BCUT2D eigenvalue weighted by atomic mass is 9.92. The van der Waals surface area contributed by atoms with E-state index in [9.17, 15) is 19.7 Å². The van der Waals surface area contributed by atoms with Gasteiger partial charge in [0.1, 0.15) is 5.57 Å². The van der Waals surface area contributed by atoms with Gasteiger partial charge in [0.15, 0.2) is 5.11 Å². The number of benzene rings is 1. The molecule has 0 aliphatic carbocycles. The van der Waals surface area contributed by atoms with Crippen molar-refractivity contribution < 1.29 is 14.5 Å². The molecule has 2 fully saturated rings. The first-order chi connectivity index (χ1) is 12.8. The Balaban J connectivity index is 2.06. The van der Waals surface area contributed by atoms with Gasteiger partial charge >= 0.3 is 0 Å². The number of piperidine rings is 1. The number of carbonyl (C=O) groups excluding carboxylic acids is 2. The fourth-order valence-corrected chi connectivity index (χ4v) is 3.75. The van der Waals surface area contributed by atoms with Crippen LogP contribution in [-0.2, 0) is 9.59 Å². The SMILES string of the molecule is C[C@H]1CCN(c2ccc([N+](=O)[O-])cc2C=C2C(=O)NC(=S)NC2=O)[C@@H](C)C1. The maximum absolute atomic E-state index is 12.2. The zero-order chi connectivity index (χ0) is 19.7. The maximum Gasteiger partial charge on any atom is 0.270 e. The molecule has 1 aromatic rings. The molecule has 0 radical (unpaired) electrons. The van der Waals surface area contributed by atoms with Gasteiger partial charge in [-0.25, -0.2) is 0 Å². The average molecular weight is 388 g/mol. The predicted octanol–water partition coefficient (Wildman–Crippen LogP) is 2.13. The third kappa shape index (κ3) is 3.97. The molecule has 3 rings (SSSR count). The van der Waals surface area contributed by atoms with Crippen LogP contribution >= 0.6 is 12.2 Å². The molecule has 9 heteroatoms. The number of amides is 2. The molecular formula is C18H20N4O4S. The van der Waals surface area contributed by atoms with Gasteiger partial charge in [0, 0.05) is 36.0 Å². The molecule has 2 amide bonds. The van der Waals surface area contributed by atoms with Gasteiger partial charge in [-0.2, -0.15) is 0 Å². The fourth-order valence-electron chi connectivity index (χ4n) is 3.56. The summed E-state index contributed by atoms with van der Waals surface area (Å²) in [6, 6.07) is 4.76. The summed E-state index contributed by atoms with van der Waals surface area (Å²) in [6.07, 6.45) is 3.40. The zero-order valence-corrected chi connectivity index (χ0v) is 15.8. The standard InChI is InChI=1S/C18H20N4O4S/c1-10-5-6-21(11(2)7-10)15-4-3-13(22(25)26)8-12(15)9-14-16(23)19-18(27)20-17(14)24/h3-4,8-11H,5-7H2,1-2H3,(H2,19,20,23,24,27)/t10-,11-/m0/s1. The van der Waals surface area contributed by atoms with Crippen molar-refractivity contribution in [2.24, 2.45) is 5.92 Å². The molecule has 2 saturated heterocycles. The quantitative estimate of drug-likeness (QED) is 0.270. The second-order valence-corrected chi connectivity index (χ2v) is 7.38. The first-order valence-electron chi connectivity index (χ1n) is 8.69. The molecule has 0 aromatic heterocycles. The lowest BCUT2D eigenvalue weighted by Crippen LogP contribution is -2.51. The lowest BCUT2D eigenvalue weighted by Gasteiger charge is -2.39. The highest BCUT2D eigenvalue weighted by Gasteiger charge is 2.29. The van der Waals surface area contributed by atoms with Crippen LogP contribution in [0.3, 0.4) is 0 Å². The first kappa shape index (κ1) is 19.0. The van der Waals surface area contributed by atoms with Crippen LogP contribution in [0.2, 0.25) is 0 Å². The van der Waals surface area contributed by atoms with E-state index in [4.69, 9.17) is 12.2 Å². The van der Waals surface area contributed by atoms with E-state index in [1.54, 1.807) is 6.07 Å². The Kier molecular flexibility index (Phi) is 5.22. The number of nitro groups is 1. The maximum atomic E-state index is 12.2. The second kappa shape index (κ2) is 7.43. The minimum atomic E-state index is -0.624. The van der Waals surface area contributed by atoms with Crippen molar-refractivity contribution in [1.29, 1.82) is 0 Å². The number of nitrogens with one attached hydrogen (secondary N) is 2.